The van der Waals surface area contributed by atoms with Crippen LogP contribution in [0.1, 0.15) is 18.9 Å². The first kappa shape index (κ1) is 14.9. The zero-order chi connectivity index (χ0) is 14.5. The molecule has 1 aromatic carbocycles. The van der Waals surface area contributed by atoms with Gasteiger partial charge in [0.05, 0.1) is 12.3 Å². The average Bonchev–Trinajstić information content (AvgIpc) is 2.86. The second-order valence-corrected chi connectivity index (χ2v) is 4.32. The molecule has 0 fully saturated rings. The number of benzene rings is 1. The van der Waals surface area contributed by atoms with E-state index in [1.165, 1.54) is 0 Å². The predicted octanol–water partition coefficient (Wildman–Crippen LogP) is 1.01. The number of hydrogen-bond donors (Lipinski definition) is 2. The number of aromatic amines is 1. The van der Waals surface area contributed by atoms with Gasteiger partial charge in [-0.05, 0) is 19.1 Å². The van der Waals surface area contributed by atoms with Crippen LogP contribution in [0.2, 0.25) is 0 Å². The SMILES string of the molecule is [B]c1ccc2[nH]c(C(O)OCC)cc2c1OCCOC. The van der Waals surface area contributed by atoms with Crippen molar-refractivity contribution in [2.24, 2.45) is 0 Å². The highest BCUT2D eigenvalue weighted by Crippen LogP contribution is 2.27. The molecule has 5 nitrogen and oxygen atoms in total. The highest BCUT2D eigenvalue weighted by Gasteiger charge is 2.14. The van der Waals surface area contributed by atoms with Crippen molar-refractivity contribution in [1.82, 2.24) is 4.98 Å². The molecule has 0 bridgehead atoms. The van der Waals surface area contributed by atoms with Crippen LogP contribution in [0.25, 0.3) is 10.9 Å². The second kappa shape index (κ2) is 6.79. The smallest absolute Gasteiger partial charge is 0.196 e. The molecule has 2 radical (unpaired) electrons. The molecule has 2 rings (SSSR count). The molecule has 2 N–H and O–H groups in total. The van der Waals surface area contributed by atoms with Crippen LogP contribution in [0, 0.1) is 0 Å². The van der Waals surface area contributed by atoms with Gasteiger partial charge in [-0.1, -0.05) is 11.5 Å². The number of methoxy groups -OCH3 is 1. The molecular formula is C14H18BNO4. The van der Waals surface area contributed by atoms with E-state index in [4.69, 9.17) is 22.1 Å². The van der Waals surface area contributed by atoms with E-state index in [1.54, 1.807) is 19.2 Å². The lowest BCUT2D eigenvalue weighted by atomic mass is 9.93. The first-order valence-electron chi connectivity index (χ1n) is 6.49. The molecule has 6 heteroatoms. The lowest BCUT2D eigenvalue weighted by Gasteiger charge is -2.10. The fourth-order valence-electron chi connectivity index (χ4n) is 1.98. The van der Waals surface area contributed by atoms with E-state index >= 15 is 0 Å². The molecule has 0 aliphatic heterocycles. The first-order valence-corrected chi connectivity index (χ1v) is 6.49. The largest absolute Gasteiger partial charge is 0.491 e. The van der Waals surface area contributed by atoms with Crippen molar-refractivity contribution in [3.63, 3.8) is 0 Å². The number of nitrogens with one attached hydrogen (secondary N) is 1. The van der Waals surface area contributed by atoms with Gasteiger partial charge in [-0.3, -0.25) is 0 Å². The van der Waals surface area contributed by atoms with Crippen molar-refractivity contribution in [1.29, 1.82) is 0 Å². The van der Waals surface area contributed by atoms with Crippen LogP contribution in [0.3, 0.4) is 0 Å². The number of aliphatic hydroxyl groups excluding tert-OH is 1. The monoisotopic (exact) mass is 275 g/mol. The molecule has 0 saturated carbocycles. The topological polar surface area (TPSA) is 63.7 Å². The maximum absolute atomic E-state index is 9.85. The van der Waals surface area contributed by atoms with Crippen molar-refractivity contribution < 1.29 is 19.3 Å². The summed E-state index contributed by atoms with van der Waals surface area (Å²) < 4.78 is 15.8. The Balaban J connectivity index is 2.32. The van der Waals surface area contributed by atoms with Gasteiger partial charge < -0.3 is 24.3 Å². The van der Waals surface area contributed by atoms with Gasteiger partial charge in [-0.25, -0.2) is 0 Å². The Labute approximate surface area is 119 Å². The summed E-state index contributed by atoms with van der Waals surface area (Å²) in [7, 11) is 7.55. The molecule has 2 aromatic rings. The Morgan fingerprint density at radius 2 is 2.15 bits per heavy atom. The third kappa shape index (κ3) is 3.15. The van der Waals surface area contributed by atoms with E-state index in [2.05, 4.69) is 4.98 Å². The normalized spacial score (nSPS) is 12.8. The standard InChI is InChI=1S/C14H18BNO4/c1-3-19-14(17)12-8-9-11(16-12)5-4-10(15)13(9)20-7-6-18-2/h4-5,8,14,16-17H,3,6-7H2,1-2H3. The highest BCUT2D eigenvalue weighted by atomic mass is 16.6. The summed E-state index contributed by atoms with van der Waals surface area (Å²) in [5.41, 5.74) is 1.95. The molecule has 1 heterocycles. The lowest BCUT2D eigenvalue weighted by Crippen LogP contribution is -2.12. The number of H-pyrrole nitrogens is 1. The quantitative estimate of drug-likeness (QED) is 0.450. The Kier molecular flexibility index (Phi) is 5.06. The van der Waals surface area contributed by atoms with Crippen LogP contribution in [0.5, 0.6) is 5.75 Å². The summed E-state index contributed by atoms with van der Waals surface area (Å²) in [6.07, 6.45) is -0.986. The van der Waals surface area contributed by atoms with E-state index in [0.29, 0.717) is 36.7 Å². The van der Waals surface area contributed by atoms with Crippen molar-refractivity contribution in [3.05, 3.63) is 23.9 Å². The van der Waals surface area contributed by atoms with Gasteiger partial charge in [0.15, 0.2) is 6.29 Å². The van der Waals surface area contributed by atoms with Crippen molar-refractivity contribution >= 4 is 24.2 Å². The van der Waals surface area contributed by atoms with E-state index in [-0.39, 0.29) is 0 Å². The number of rotatable bonds is 7. The molecule has 0 spiro atoms. The minimum absolute atomic E-state index is 0.411. The minimum atomic E-state index is -0.986. The van der Waals surface area contributed by atoms with Crippen LogP contribution >= 0.6 is 0 Å². The van der Waals surface area contributed by atoms with Gasteiger partial charge in [0, 0.05) is 24.6 Å². The number of hydrogen-bond acceptors (Lipinski definition) is 4. The minimum Gasteiger partial charge on any atom is -0.491 e. The number of aliphatic hydroxyl groups is 1. The third-order valence-corrected chi connectivity index (χ3v) is 2.93. The van der Waals surface area contributed by atoms with Gasteiger partial charge in [0.2, 0.25) is 0 Å². The van der Waals surface area contributed by atoms with Gasteiger partial charge in [0.1, 0.15) is 20.2 Å². The molecule has 106 valence electrons. The number of fused-ring (bicyclic) bond motifs is 1. The molecule has 0 saturated heterocycles. The number of ether oxygens (including phenoxy) is 3. The van der Waals surface area contributed by atoms with Gasteiger partial charge in [-0.2, -0.15) is 0 Å². The molecule has 0 aliphatic carbocycles. The van der Waals surface area contributed by atoms with Crippen molar-refractivity contribution in [2.45, 2.75) is 13.2 Å². The lowest BCUT2D eigenvalue weighted by molar-refractivity contribution is -0.100. The van der Waals surface area contributed by atoms with E-state index in [0.717, 1.165) is 10.9 Å². The van der Waals surface area contributed by atoms with Crippen LogP contribution < -0.4 is 10.2 Å². The second-order valence-electron chi connectivity index (χ2n) is 4.32. The molecule has 1 atom stereocenters. The molecular weight excluding hydrogens is 257 g/mol. The predicted molar refractivity (Wildman–Crippen MR) is 77.6 cm³/mol. The summed E-state index contributed by atoms with van der Waals surface area (Å²) in [6.45, 7) is 3.14. The van der Waals surface area contributed by atoms with Crippen LogP contribution in [-0.4, -0.2) is 44.9 Å². The molecule has 0 amide bonds. The zero-order valence-corrected chi connectivity index (χ0v) is 11.7. The summed E-state index contributed by atoms with van der Waals surface area (Å²) in [6, 6.07) is 5.39. The van der Waals surface area contributed by atoms with Crippen LogP contribution in [0.15, 0.2) is 18.2 Å². The Morgan fingerprint density at radius 1 is 1.35 bits per heavy atom. The average molecular weight is 275 g/mol. The Hall–Kier alpha value is -1.50. The molecule has 1 unspecified atom stereocenters. The molecule has 20 heavy (non-hydrogen) atoms. The fourth-order valence-corrected chi connectivity index (χ4v) is 1.98. The van der Waals surface area contributed by atoms with E-state index < -0.39 is 6.29 Å². The van der Waals surface area contributed by atoms with Gasteiger partial charge >= 0.3 is 0 Å². The maximum atomic E-state index is 9.85. The van der Waals surface area contributed by atoms with Gasteiger partial charge in [0.25, 0.3) is 0 Å². The fraction of sp³-hybridized carbons (Fsp3) is 0.429. The molecule has 0 aliphatic rings. The zero-order valence-electron chi connectivity index (χ0n) is 11.7. The van der Waals surface area contributed by atoms with E-state index in [1.807, 2.05) is 13.0 Å². The van der Waals surface area contributed by atoms with Crippen LogP contribution in [-0.2, 0) is 9.47 Å². The van der Waals surface area contributed by atoms with Gasteiger partial charge in [-0.15, -0.1) is 0 Å². The Bertz CT molecular complexity index is 570. The summed E-state index contributed by atoms with van der Waals surface area (Å²) in [5, 5.41) is 10.7. The maximum Gasteiger partial charge on any atom is 0.196 e. The Morgan fingerprint density at radius 3 is 2.85 bits per heavy atom. The molecule has 1 aromatic heterocycles. The highest BCUT2D eigenvalue weighted by molar-refractivity contribution is 6.35. The van der Waals surface area contributed by atoms with Crippen molar-refractivity contribution in [2.75, 3.05) is 26.9 Å². The van der Waals surface area contributed by atoms with E-state index in [9.17, 15) is 5.11 Å². The number of aromatic nitrogens is 1. The summed E-state index contributed by atoms with van der Waals surface area (Å²) in [4.78, 5) is 3.10. The first-order chi connectivity index (χ1) is 9.67. The van der Waals surface area contributed by atoms with Crippen LogP contribution in [0.4, 0.5) is 0 Å². The third-order valence-electron chi connectivity index (χ3n) is 2.93. The van der Waals surface area contributed by atoms with Crippen molar-refractivity contribution in [3.8, 4) is 5.75 Å². The summed E-state index contributed by atoms with van der Waals surface area (Å²) >= 11 is 0. The summed E-state index contributed by atoms with van der Waals surface area (Å²) in [5.74, 6) is 0.589.